The summed E-state index contributed by atoms with van der Waals surface area (Å²) in [4.78, 5) is 5.14. The Hall–Kier alpha value is -8.05. The third-order valence-electron chi connectivity index (χ3n) is 19.2. The normalized spacial score (nSPS) is 17.1. The first kappa shape index (κ1) is 45.0. The fourth-order valence-corrected chi connectivity index (χ4v) is 17.0. The van der Waals surface area contributed by atoms with E-state index in [0.717, 1.165) is 50.5 Å². The number of rotatable bonds is 5. The molecule has 10 aromatic carbocycles. The van der Waals surface area contributed by atoms with Crippen molar-refractivity contribution in [3.63, 3.8) is 0 Å². The van der Waals surface area contributed by atoms with Crippen LogP contribution in [0.1, 0.15) is 132 Å². The minimum atomic E-state index is -0.642. The Morgan fingerprint density at radius 3 is 1.56 bits per heavy atom. The van der Waals surface area contributed by atoms with Crippen LogP contribution in [0.4, 0.5) is 17.1 Å². The van der Waals surface area contributed by atoms with Crippen molar-refractivity contribution in [2.75, 3.05) is 4.90 Å². The molecule has 0 saturated heterocycles. The van der Waals surface area contributed by atoms with Gasteiger partial charge in [0.1, 0.15) is 22.7 Å². The Balaban J connectivity index is 0.956. The molecule has 0 unspecified atom stereocenters. The first-order chi connectivity index (χ1) is 38.7. The van der Waals surface area contributed by atoms with Gasteiger partial charge < -0.3 is 14.1 Å². The molecule has 4 aliphatic carbocycles. The molecule has 2 fully saturated rings. The van der Waals surface area contributed by atoms with Crippen molar-refractivity contribution in [3.8, 4) is 33.8 Å². The highest BCUT2D eigenvalue weighted by Crippen LogP contribution is 2.66. The predicted octanol–water partition coefficient (Wildman–Crippen LogP) is 20.4. The largest absolute Gasteiger partial charge is 0.457 e. The molecule has 376 valence electrons. The molecule has 2 spiro atoms. The average Bonchev–Trinajstić information content (AvgIpc) is 4.31. The number of hydrogen-bond acceptors (Lipinski definition) is 4. The van der Waals surface area contributed by atoms with E-state index in [4.69, 9.17) is 9.15 Å². The number of benzene rings is 10. The van der Waals surface area contributed by atoms with Gasteiger partial charge in [0.2, 0.25) is 0 Å². The van der Waals surface area contributed by atoms with E-state index in [2.05, 4.69) is 217 Å². The first-order valence-corrected chi connectivity index (χ1v) is 29.5. The van der Waals surface area contributed by atoms with Crippen molar-refractivity contribution in [2.24, 2.45) is 0 Å². The number of furan rings is 1. The highest BCUT2D eigenvalue weighted by molar-refractivity contribution is 7.99. The Morgan fingerprint density at radius 2 is 0.872 bits per heavy atom. The van der Waals surface area contributed by atoms with Crippen LogP contribution in [0.5, 0.6) is 11.5 Å². The quantitative estimate of drug-likeness (QED) is 0.172. The second kappa shape index (κ2) is 17.2. The maximum Gasteiger partial charge on any atom is 0.137 e. The summed E-state index contributed by atoms with van der Waals surface area (Å²) in [5, 5.41) is 2.19. The lowest BCUT2D eigenvalue weighted by atomic mass is 9.65. The van der Waals surface area contributed by atoms with Gasteiger partial charge in [0.05, 0.1) is 21.9 Å². The van der Waals surface area contributed by atoms with Gasteiger partial charge in [0.15, 0.2) is 0 Å². The topological polar surface area (TPSA) is 25.6 Å². The monoisotopic (exact) mass is 1020 g/mol. The number of para-hydroxylation sites is 2. The summed E-state index contributed by atoms with van der Waals surface area (Å²) in [6.07, 6.45) is 12.8. The SMILES string of the molecule is c1ccc2c(c1)Oc1ccc(N(c3ccc4c(c3)C3(c5ccccc5Sc5ccccc53)c3ccccc3-4)c3cccc4oc5ccccc5c34)cc1C21c2cc(C3CCCCC3)ccc2-c2ccc(C3CCCCC3)cc21. The number of anilines is 3. The van der Waals surface area contributed by atoms with Crippen LogP contribution in [0.25, 0.3) is 44.2 Å². The van der Waals surface area contributed by atoms with E-state index in [1.807, 2.05) is 11.8 Å². The summed E-state index contributed by atoms with van der Waals surface area (Å²) in [6.45, 7) is 0. The highest BCUT2D eigenvalue weighted by atomic mass is 32.2. The minimum absolute atomic E-state index is 0.540. The molecule has 6 aliphatic rings. The zero-order chi connectivity index (χ0) is 51.1. The van der Waals surface area contributed by atoms with E-state index in [-0.39, 0.29) is 0 Å². The fraction of sp³-hybridized carbons (Fsp3) is 0.189. The van der Waals surface area contributed by atoms with E-state index < -0.39 is 10.8 Å². The van der Waals surface area contributed by atoms with Gasteiger partial charge in [-0.05, 0) is 171 Å². The lowest BCUT2D eigenvalue weighted by molar-refractivity contribution is 0.433. The molecule has 0 N–H and O–H groups in total. The molecule has 2 aliphatic heterocycles. The first-order valence-electron chi connectivity index (χ1n) is 28.7. The van der Waals surface area contributed by atoms with Crippen LogP contribution >= 0.6 is 11.8 Å². The molecule has 4 heteroatoms. The maximum atomic E-state index is 7.25. The fourth-order valence-electron chi connectivity index (χ4n) is 15.8. The van der Waals surface area contributed by atoms with E-state index in [0.29, 0.717) is 11.8 Å². The van der Waals surface area contributed by atoms with E-state index in [9.17, 15) is 0 Å². The summed E-state index contributed by atoms with van der Waals surface area (Å²) < 4.78 is 14.0. The van der Waals surface area contributed by atoms with Gasteiger partial charge in [-0.3, -0.25) is 0 Å². The Bertz CT molecular complexity index is 4170. The molecule has 0 bridgehead atoms. The summed E-state index contributed by atoms with van der Waals surface area (Å²) in [7, 11) is 0. The summed E-state index contributed by atoms with van der Waals surface area (Å²) >= 11 is 1.89. The summed E-state index contributed by atoms with van der Waals surface area (Å²) in [5.41, 5.74) is 22.5. The molecule has 17 rings (SSSR count). The van der Waals surface area contributed by atoms with Crippen LogP contribution in [0.3, 0.4) is 0 Å². The van der Waals surface area contributed by atoms with E-state index in [1.165, 1.54) is 152 Å². The second-order valence-corrected chi connectivity index (χ2v) is 24.1. The zero-order valence-electron chi connectivity index (χ0n) is 43.6. The van der Waals surface area contributed by atoms with Gasteiger partial charge in [-0.2, -0.15) is 0 Å². The molecule has 11 aromatic rings. The van der Waals surface area contributed by atoms with Crippen LogP contribution in [-0.4, -0.2) is 0 Å². The van der Waals surface area contributed by atoms with Gasteiger partial charge in [-0.25, -0.2) is 0 Å². The van der Waals surface area contributed by atoms with Crippen LogP contribution in [0.15, 0.2) is 227 Å². The Labute approximate surface area is 460 Å². The predicted molar refractivity (Wildman–Crippen MR) is 319 cm³/mol. The van der Waals surface area contributed by atoms with Gasteiger partial charge in [0, 0.05) is 37.7 Å². The lowest BCUT2D eigenvalue weighted by Gasteiger charge is -2.41. The summed E-state index contributed by atoms with van der Waals surface area (Å²) in [5.74, 6) is 2.95. The third-order valence-corrected chi connectivity index (χ3v) is 20.3. The number of fused-ring (bicyclic) bond motifs is 21. The smallest absolute Gasteiger partial charge is 0.137 e. The lowest BCUT2D eigenvalue weighted by Crippen LogP contribution is -2.33. The Kier molecular flexibility index (Phi) is 9.94. The summed E-state index contributed by atoms with van der Waals surface area (Å²) in [6, 6.07) is 81.2. The van der Waals surface area contributed by atoms with Crippen LogP contribution in [-0.2, 0) is 10.8 Å². The van der Waals surface area contributed by atoms with Crippen molar-refractivity contribution >= 4 is 50.8 Å². The number of nitrogens with zero attached hydrogens (tertiary/aromatic N) is 1. The molecule has 2 saturated carbocycles. The van der Waals surface area contributed by atoms with E-state index in [1.54, 1.807) is 0 Å². The van der Waals surface area contributed by atoms with Gasteiger partial charge in [0.25, 0.3) is 0 Å². The molecule has 0 atom stereocenters. The van der Waals surface area contributed by atoms with Crippen molar-refractivity contribution in [1.29, 1.82) is 0 Å². The van der Waals surface area contributed by atoms with Crippen molar-refractivity contribution in [1.82, 2.24) is 0 Å². The number of ether oxygens (including phenoxy) is 1. The Morgan fingerprint density at radius 1 is 0.372 bits per heavy atom. The van der Waals surface area contributed by atoms with Crippen molar-refractivity contribution in [3.05, 3.63) is 268 Å². The van der Waals surface area contributed by atoms with Crippen molar-refractivity contribution < 1.29 is 9.15 Å². The van der Waals surface area contributed by atoms with Crippen LogP contribution < -0.4 is 9.64 Å². The maximum absolute atomic E-state index is 7.25. The molecule has 1 aromatic heterocycles. The zero-order valence-corrected chi connectivity index (χ0v) is 44.4. The van der Waals surface area contributed by atoms with Crippen LogP contribution in [0, 0.1) is 0 Å². The molecule has 0 radical (unpaired) electrons. The van der Waals surface area contributed by atoms with Gasteiger partial charge in [-0.1, -0.05) is 196 Å². The molecular formula is C74H57NO2S. The molecular weight excluding hydrogens is 967 g/mol. The van der Waals surface area contributed by atoms with Gasteiger partial charge in [-0.15, -0.1) is 0 Å². The third kappa shape index (κ3) is 6.24. The highest BCUT2D eigenvalue weighted by Gasteiger charge is 2.53. The van der Waals surface area contributed by atoms with Gasteiger partial charge >= 0.3 is 0 Å². The van der Waals surface area contributed by atoms with Crippen LogP contribution in [0.2, 0.25) is 0 Å². The average molecular weight is 1020 g/mol. The second-order valence-electron chi connectivity index (χ2n) is 23.0. The molecule has 3 heterocycles. The molecule has 0 amide bonds. The standard InChI is InChI=1S/C74H57NO2S/c1-3-18-46(19-4-1)48-34-38-53-54-39-35-49(47-20-5-2-6-21-47)43-62(54)74(61(53)42-48)58-25-10-14-30-67(58)77-68-41-37-51(45-64(68)74)75(65-28-17-31-69-72(65)56-23-8-13-29-66(56)76-69)50-36-40-55-52-22-7-9-24-57(52)73(63(55)44-50)59-26-11-15-32-70(59)78-71-33-16-12-27-60(71)73/h7-17,22-47H,1-6,18-21H2. The minimum Gasteiger partial charge on any atom is -0.457 e. The molecule has 78 heavy (non-hydrogen) atoms. The van der Waals surface area contributed by atoms with E-state index >= 15 is 0 Å². The number of hydrogen-bond donors (Lipinski definition) is 0. The molecule has 3 nitrogen and oxygen atoms in total. The van der Waals surface area contributed by atoms with Crippen molar-refractivity contribution in [2.45, 2.75) is 96.7 Å².